The number of hydrogen-bond acceptors (Lipinski definition) is 0. The van der Waals surface area contributed by atoms with Gasteiger partial charge in [0.15, 0.2) is 0 Å². The summed E-state index contributed by atoms with van der Waals surface area (Å²) in [6.45, 7) is 11.6. The first-order valence-corrected chi connectivity index (χ1v) is 5.13. The Morgan fingerprint density at radius 3 is 2.87 bits per heavy atom. The molecule has 0 unspecified atom stereocenters. The number of benzene rings is 1. The summed E-state index contributed by atoms with van der Waals surface area (Å²) in [5.41, 5.74) is 5.02. The van der Waals surface area contributed by atoms with Gasteiger partial charge in [0, 0.05) is 23.5 Å². The molecule has 76 valence electrons. The maximum atomic E-state index is 6.82. The van der Waals surface area contributed by atoms with E-state index in [1.165, 1.54) is 27.6 Å². The second-order valence-corrected chi connectivity index (χ2v) is 3.95. The lowest BCUT2D eigenvalue weighted by Gasteiger charge is -2.01. The summed E-state index contributed by atoms with van der Waals surface area (Å²) in [6, 6.07) is 4.35. The van der Waals surface area contributed by atoms with Gasteiger partial charge in [-0.25, -0.2) is 6.57 Å². The molecule has 0 fully saturated rings. The van der Waals surface area contributed by atoms with E-state index in [1.807, 2.05) is 6.20 Å². The first-order chi connectivity index (χ1) is 7.22. The van der Waals surface area contributed by atoms with E-state index in [0.29, 0.717) is 6.54 Å². The molecule has 1 N–H and O–H groups in total. The fourth-order valence-electron chi connectivity index (χ4n) is 2.12. The molecule has 2 heteroatoms. The van der Waals surface area contributed by atoms with Gasteiger partial charge in [-0.2, -0.15) is 0 Å². The number of fused-ring (bicyclic) bond motifs is 1. The molecule has 0 saturated heterocycles. The minimum absolute atomic E-state index is 0.570. The van der Waals surface area contributed by atoms with Gasteiger partial charge < -0.3 is 9.83 Å². The SMILES string of the molecule is [C-]#[N+]CCc1c[nH]c2cc(C)cc(C)c12. The summed E-state index contributed by atoms with van der Waals surface area (Å²) in [4.78, 5) is 6.68. The summed E-state index contributed by atoms with van der Waals surface area (Å²) in [5, 5.41) is 1.30. The molecule has 15 heavy (non-hydrogen) atoms. The Kier molecular flexibility index (Phi) is 2.47. The monoisotopic (exact) mass is 198 g/mol. The van der Waals surface area contributed by atoms with Crippen molar-refractivity contribution < 1.29 is 0 Å². The van der Waals surface area contributed by atoms with Crippen molar-refractivity contribution in [2.24, 2.45) is 0 Å². The highest BCUT2D eigenvalue weighted by Gasteiger charge is 2.07. The van der Waals surface area contributed by atoms with Crippen molar-refractivity contribution in [2.45, 2.75) is 20.3 Å². The van der Waals surface area contributed by atoms with Gasteiger partial charge in [0.2, 0.25) is 6.54 Å². The Morgan fingerprint density at radius 2 is 2.13 bits per heavy atom. The molecule has 0 bridgehead atoms. The molecule has 1 heterocycles. The smallest absolute Gasteiger partial charge is 0.218 e. The first kappa shape index (κ1) is 9.79. The predicted molar refractivity (Wildman–Crippen MR) is 62.9 cm³/mol. The van der Waals surface area contributed by atoms with Crippen LogP contribution in [0.5, 0.6) is 0 Å². The average Bonchev–Trinajstić information content (AvgIpc) is 2.58. The Labute approximate surface area is 89.7 Å². The molecule has 0 amide bonds. The second-order valence-electron chi connectivity index (χ2n) is 3.95. The fourth-order valence-corrected chi connectivity index (χ4v) is 2.12. The molecular formula is C13H14N2. The zero-order valence-electron chi connectivity index (χ0n) is 9.09. The summed E-state index contributed by atoms with van der Waals surface area (Å²) in [6.07, 6.45) is 2.87. The predicted octanol–water partition coefficient (Wildman–Crippen LogP) is 3.25. The molecule has 2 nitrogen and oxygen atoms in total. The van der Waals surface area contributed by atoms with Crippen molar-refractivity contribution in [1.82, 2.24) is 4.98 Å². The van der Waals surface area contributed by atoms with Crippen LogP contribution in [0.2, 0.25) is 0 Å². The number of aryl methyl sites for hydroxylation is 2. The van der Waals surface area contributed by atoms with Gasteiger partial charge in [-0.05, 0) is 36.6 Å². The third-order valence-electron chi connectivity index (χ3n) is 2.70. The van der Waals surface area contributed by atoms with Crippen LogP contribution in [0.3, 0.4) is 0 Å². The van der Waals surface area contributed by atoms with Crippen LogP contribution in [0.1, 0.15) is 16.7 Å². The average molecular weight is 198 g/mol. The minimum atomic E-state index is 0.570. The third kappa shape index (κ3) is 1.73. The van der Waals surface area contributed by atoms with Gasteiger partial charge in [0.05, 0.1) is 0 Å². The van der Waals surface area contributed by atoms with Gasteiger partial charge in [0.25, 0.3) is 0 Å². The molecule has 2 rings (SSSR count). The van der Waals surface area contributed by atoms with E-state index >= 15 is 0 Å². The zero-order valence-corrected chi connectivity index (χ0v) is 9.09. The second kappa shape index (κ2) is 3.78. The Balaban J connectivity index is 2.55. The van der Waals surface area contributed by atoms with Gasteiger partial charge in [-0.3, -0.25) is 0 Å². The van der Waals surface area contributed by atoms with E-state index in [1.54, 1.807) is 0 Å². The normalized spacial score (nSPS) is 10.5. The van der Waals surface area contributed by atoms with Gasteiger partial charge in [-0.15, -0.1) is 0 Å². The maximum Gasteiger partial charge on any atom is 0.218 e. The topological polar surface area (TPSA) is 20.1 Å². The minimum Gasteiger partial charge on any atom is -0.361 e. The van der Waals surface area contributed by atoms with Crippen LogP contribution in [0.25, 0.3) is 15.7 Å². The molecule has 2 aromatic rings. The van der Waals surface area contributed by atoms with Crippen molar-refractivity contribution >= 4 is 10.9 Å². The summed E-state index contributed by atoms with van der Waals surface area (Å²) in [5.74, 6) is 0. The molecule has 0 radical (unpaired) electrons. The van der Waals surface area contributed by atoms with Crippen LogP contribution in [-0.4, -0.2) is 11.5 Å². The van der Waals surface area contributed by atoms with E-state index in [-0.39, 0.29) is 0 Å². The van der Waals surface area contributed by atoms with E-state index in [4.69, 9.17) is 6.57 Å². The van der Waals surface area contributed by atoms with Gasteiger partial charge >= 0.3 is 0 Å². The van der Waals surface area contributed by atoms with Crippen LogP contribution in [0, 0.1) is 20.4 Å². The number of H-pyrrole nitrogens is 1. The first-order valence-electron chi connectivity index (χ1n) is 5.13. The maximum absolute atomic E-state index is 6.82. The number of hydrogen-bond donors (Lipinski definition) is 1. The lowest BCUT2D eigenvalue weighted by Crippen LogP contribution is -1.87. The zero-order chi connectivity index (χ0) is 10.8. The van der Waals surface area contributed by atoms with E-state index in [2.05, 4.69) is 35.8 Å². The molecule has 1 aromatic carbocycles. The number of aromatic nitrogens is 1. The summed E-state index contributed by atoms with van der Waals surface area (Å²) in [7, 11) is 0. The van der Waals surface area contributed by atoms with Crippen molar-refractivity contribution in [2.75, 3.05) is 6.54 Å². The Morgan fingerprint density at radius 1 is 1.33 bits per heavy atom. The highest BCUT2D eigenvalue weighted by Crippen LogP contribution is 2.24. The Bertz CT molecular complexity index is 529. The van der Waals surface area contributed by atoms with Crippen molar-refractivity contribution in [1.29, 1.82) is 0 Å². The molecule has 0 aliphatic heterocycles. The standard InChI is InChI=1S/C13H14N2/c1-9-6-10(2)13-11(4-5-14-3)8-15-12(13)7-9/h6-8,15H,4-5H2,1-2H3. The van der Waals surface area contributed by atoms with Crippen LogP contribution >= 0.6 is 0 Å². The highest BCUT2D eigenvalue weighted by atomic mass is 14.7. The third-order valence-corrected chi connectivity index (χ3v) is 2.70. The molecule has 0 saturated carbocycles. The van der Waals surface area contributed by atoms with Crippen molar-refractivity contribution in [3.05, 3.63) is 46.4 Å². The lowest BCUT2D eigenvalue weighted by atomic mass is 10.0. The quantitative estimate of drug-likeness (QED) is 0.715. The summed E-state index contributed by atoms with van der Waals surface area (Å²) < 4.78 is 0. The van der Waals surface area contributed by atoms with Crippen LogP contribution in [0.4, 0.5) is 0 Å². The van der Waals surface area contributed by atoms with Crippen molar-refractivity contribution in [3.63, 3.8) is 0 Å². The lowest BCUT2D eigenvalue weighted by molar-refractivity contribution is 1.09. The molecule has 0 aliphatic carbocycles. The molecule has 1 aromatic heterocycles. The van der Waals surface area contributed by atoms with Crippen LogP contribution < -0.4 is 0 Å². The number of aromatic amines is 1. The fraction of sp³-hybridized carbons (Fsp3) is 0.308. The molecular weight excluding hydrogens is 184 g/mol. The molecule has 0 atom stereocenters. The largest absolute Gasteiger partial charge is 0.361 e. The number of nitrogens with one attached hydrogen (secondary N) is 1. The highest BCUT2D eigenvalue weighted by molar-refractivity contribution is 5.87. The van der Waals surface area contributed by atoms with Gasteiger partial charge in [0.1, 0.15) is 0 Å². The van der Waals surface area contributed by atoms with Crippen molar-refractivity contribution in [3.8, 4) is 0 Å². The van der Waals surface area contributed by atoms with Crippen LogP contribution in [-0.2, 0) is 6.42 Å². The van der Waals surface area contributed by atoms with E-state index < -0.39 is 0 Å². The Hall–Kier alpha value is -1.75. The number of rotatable bonds is 2. The van der Waals surface area contributed by atoms with Gasteiger partial charge in [-0.1, -0.05) is 6.07 Å². The molecule has 0 aliphatic rings. The van der Waals surface area contributed by atoms with E-state index in [9.17, 15) is 0 Å². The number of nitrogens with zero attached hydrogens (tertiary/aromatic N) is 1. The summed E-state index contributed by atoms with van der Waals surface area (Å²) >= 11 is 0. The van der Waals surface area contributed by atoms with E-state index in [0.717, 1.165) is 6.42 Å². The van der Waals surface area contributed by atoms with Crippen LogP contribution in [0.15, 0.2) is 18.3 Å². The molecule has 0 spiro atoms.